The van der Waals surface area contributed by atoms with E-state index in [0.29, 0.717) is 0 Å². The Hall–Kier alpha value is -0.990. The van der Waals surface area contributed by atoms with E-state index >= 15 is 0 Å². The number of hydrogen-bond acceptors (Lipinski definition) is 4. The topological polar surface area (TPSA) is 73.3 Å². The van der Waals surface area contributed by atoms with Gasteiger partial charge in [-0.2, -0.15) is 0 Å². The molecule has 0 aliphatic heterocycles. The summed E-state index contributed by atoms with van der Waals surface area (Å²) in [6.45, 7) is 0. The minimum atomic E-state index is -0.680. The van der Waals surface area contributed by atoms with E-state index in [4.69, 9.17) is 4.42 Å². The molecule has 0 saturated carbocycles. The second kappa shape index (κ2) is 6.85. The van der Waals surface area contributed by atoms with Crippen LogP contribution in [-0.4, -0.2) is 15.5 Å². The van der Waals surface area contributed by atoms with Crippen LogP contribution in [0.4, 0.5) is 5.88 Å². The van der Waals surface area contributed by atoms with Crippen LogP contribution in [0.3, 0.4) is 0 Å². The minimum Gasteiger partial charge on any atom is -0.397 e. The van der Waals surface area contributed by atoms with Crippen molar-refractivity contribution in [2.24, 2.45) is 0 Å². The Morgan fingerprint density at radius 2 is 1.76 bits per heavy atom. The SMILES string of the molecule is O=C(c1ccc([N+](=O)[O-])o1)C(Br)C(Br)c1ccc(Br)cc1. The van der Waals surface area contributed by atoms with Gasteiger partial charge in [-0.1, -0.05) is 59.9 Å². The Morgan fingerprint density at radius 3 is 2.29 bits per heavy atom. The summed E-state index contributed by atoms with van der Waals surface area (Å²) in [4.78, 5) is 21.3. The van der Waals surface area contributed by atoms with E-state index in [0.717, 1.165) is 16.1 Å². The van der Waals surface area contributed by atoms with Crippen LogP contribution >= 0.6 is 47.8 Å². The summed E-state index contributed by atoms with van der Waals surface area (Å²) in [6.07, 6.45) is 0. The standard InChI is InChI=1S/C13H8Br3NO4/c14-8-3-1-7(2-4-8)11(15)12(16)13(18)9-5-6-10(21-9)17(19)20/h1-6,11-12H. The first kappa shape index (κ1) is 16.4. The van der Waals surface area contributed by atoms with Crippen molar-refractivity contribution in [1.82, 2.24) is 0 Å². The number of alkyl halides is 2. The molecule has 0 radical (unpaired) electrons. The highest BCUT2D eigenvalue weighted by molar-refractivity contribution is 9.12. The van der Waals surface area contributed by atoms with Gasteiger partial charge in [0, 0.05) is 4.47 Å². The molecule has 1 aromatic heterocycles. The van der Waals surface area contributed by atoms with Gasteiger partial charge in [0.1, 0.15) is 4.92 Å². The van der Waals surface area contributed by atoms with Crippen LogP contribution in [0.15, 0.2) is 45.3 Å². The van der Waals surface area contributed by atoms with Crippen molar-refractivity contribution < 1.29 is 14.1 Å². The third-order valence-electron chi connectivity index (χ3n) is 2.71. The molecule has 2 aromatic rings. The molecule has 21 heavy (non-hydrogen) atoms. The number of hydrogen-bond donors (Lipinski definition) is 0. The highest BCUT2D eigenvalue weighted by Gasteiger charge is 2.29. The molecule has 0 spiro atoms. The number of Topliss-reactive ketones (excluding diaryl/α,β-unsaturated/α-hetero) is 1. The Morgan fingerprint density at radius 1 is 1.14 bits per heavy atom. The minimum absolute atomic E-state index is 0.0508. The number of nitro groups is 1. The summed E-state index contributed by atoms with van der Waals surface area (Å²) in [5, 5.41) is 10.6. The summed E-state index contributed by atoms with van der Waals surface area (Å²) in [5.41, 5.74) is 0.898. The molecule has 0 amide bonds. The molecule has 0 saturated heterocycles. The van der Waals surface area contributed by atoms with Crippen molar-refractivity contribution in [3.8, 4) is 0 Å². The fourth-order valence-corrected chi connectivity index (χ4v) is 2.98. The Labute approximate surface area is 145 Å². The maximum Gasteiger partial charge on any atom is 0.433 e. The van der Waals surface area contributed by atoms with Crippen LogP contribution in [0, 0.1) is 10.1 Å². The molecule has 0 aliphatic carbocycles. The lowest BCUT2D eigenvalue weighted by Crippen LogP contribution is -2.18. The van der Waals surface area contributed by atoms with Gasteiger partial charge in [-0.3, -0.25) is 14.9 Å². The molecule has 0 bridgehead atoms. The van der Waals surface area contributed by atoms with E-state index in [1.807, 2.05) is 24.3 Å². The predicted molar refractivity (Wildman–Crippen MR) is 88.2 cm³/mol. The van der Waals surface area contributed by atoms with E-state index < -0.39 is 15.6 Å². The van der Waals surface area contributed by atoms with Crippen LogP contribution in [0.2, 0.25) is 0 Å². The zero-order valence-electron chi connectivity index (χ0n) is 10.3. The van der Waals surface area contributed by atoms with Crippen LogP contribution in [-0.2, 0) is 0 Å². The number of nitrogens with zero attached hydrogens (tertiary/aromatic N) is 1. The highest BCUT2D eigenvalue weighted by Crippen LogP contribution is 2.34. The largest absolute Gasteiger partial charge is 0.433 e. The first-order valence-electron chi connectivity index (χ1n) is 5.72. The molecule has 110 valence electrons. The molecule has 2 rings (SSSR count). The Kier molecular flexibility index (Phi) is 5.34. The van der Waals surface area contributed by atoms with Crippen LogP contribution in [0.1, 0.15) is 20.9 Å². The molecule has 1 heterocycles. The zero-order valence-corrected chi connectivity index (χ0v) is 15.1. The number of carbonyl (C=O) groups is 1. The number of rotatable bonds is 5. The Balaban J connectivity index is 2.17. The molecule has 2 atom stereocenters. The highest BCUT2D eigenvalue weighted by atomic mass is 79.9. The number of furan rings is 1. The number of ketones is 1. The van der Waals surface area contributed by atoms with Gasteiger partial charge < -0.3 is 4.42 Å². The summed E-state index contributed by atoms with van der Waals surface area (Å²) in [5.74, 6) is -0.870. The number of benzene rings is 1. The van der Waals surface area contributed by atoms with Crippen molar-refractivity contribution in [3.05, 3.63) is 62.3 Å². The van der Waals surface area contributed by atoms with Gasteiger partial charge in [0.25, 0.3) is 0 Å². The predicted octanol–water partition coefficient (Wildman–Crippen LogP) is 5.03. The van der Waals surface area contributed by atoms with E-state index in [-0.39, 0.29) is 16.4 Å². The molecular formula is C13H8Br3NO4. The summed E-state index contributed by atoms with van der Waals surface area (Å²) < 4.78 is 5.86. The van der Waals surface area contributed by atoms with Crippen molar-refractivity contribution in [1.29, 1.82) is 0 Å². The summed E-state index contributed by atoms with van der Waals surface area (Å²) >= 11 is 10.1. The monoisotopic (exact) mass is 479 g/mol. The van der Waals surface area contributed by atoms with Gasteiger partial charge >= 0.3 is 5.88 Å². The van der Waals surface area contributed by atoms with Gasteiger partial charge in [-0.25, -0.2) is 0 Å². The van der Waals surface area contributed by atoms with E-state index in [9.17, 15) is 14.9 Å². The van der Waals surface area contributed by atoms with Gasteiger partial charge in [-0.05, 0) is 23.8 Å². The summed E-state index contributed by atoms with van der Waals surface area (Å²) in [6, 6.07) is 9.94. The number of halogens is 3. The quantitative estimate of drug-likeness (QED) is 0.260. The Bertz CT molecular complexity index is 668. The molecule has 5 nitrogen and oxygen atoms in total. The fourth-order valence-electron chi connectivity index (χ4n) is 1.64. The third kappa shape index (κ3) is 3.81. The van der Waals surface area contributed by atoms with Crippen molar-refractivity contribution in [2.45, 2.75) is 9.65 Å². The molecular weight excluding hydrogens is 474 g/mol. The fraction of sp³-hybridized carbons (Fsp3) is 0.154. The van der Waals surface area contributed by atoms with Crippen molar-refractivity contribution in [3.63, 3.8) is 0 Å². The lowest BCUT2D eigenvalue weighted by atomic mass is 10.1. The molecule has 8 heteroatoms. The second-order valence-corrected chi connectivity index (χ2v) is 7.00. The van der Waals surface area contributed by atoms with Crippen molar-refractivity contribution >= 4 is 59.5 Å². The maximum atomic E-state index is 12.3. The first-order valence-corrected chi connectivity index (χ1v) is 8.34. The summed E-state index contributed by atoms with van der Waals surface area (Å²) in [7, 11) is 0. The number of carbonyl (C=O) groups excluding carboxylic acids is 1. The second-order valence-electron chi connectivity index (χ2n) is 4.11. The van der Waals surface area contributed by atoms with Gasteiger partial charge in [0.15, 0.2) is 5.76 Å². The lowest BCUT2D eigenvalue weighted by Gasteiger charge is -2.15. The van der Waals surface area contributed by atoms with Crippen molar-refractivity contribution in [2.75, 3.05) is 0 Å². The van der Waals surface area contributed by atoms with E-state index in [2.05, 4.69) is 47.8 Å². The normalized spacial score (nSPS) is 13.7. The van der Waals surface area contributed by atoms with Gasteiger partial charge in [0.05, 0.1) is 15.7 Å². The molecule has 0 aliphatic rings. The smallest absolute Gasteiger partial charge is 0.397 e. The third-order valence-corrected chi connectivity index (χ3v) is 5.95. The first-order chi connectivity index (χ1) is 9.90. The average Bonchev–Trinajstić information content (AvgIpc) is 2.96. The van der Waals surface area contributed by atoms with E-state index in [1.165, 1.54) is 6.07 Å². The molecule has 0 N–H and O–H groups in total. The van der Waals surface area contributed by atoms with Gasteiger partial charge in [-0.15, -0.1) is 0 Å². The van der Waals surface area contributed by atoms with Gasteiger partial charge in [0.2, 0.25) is 5.78 Å². The molecule has 0 fully saturated rings. The zero-order chi connectivity index (χ0) is 15.6. The average molecular weight is 482 g/mol. The molecule has 2 unspecified atom stereocenters. The van der Waals surface area contributed by atoms with E-state index in [1.54, 1.807) is 0 Å². The van der Waals surface area contributed by atoms with Crippen LogP contribution in [0.25, 0.3) is 0 Å². The maximum absolute atomic E-state index is 12.3. The molecule has 1 aromatic carbocycles. The lowest BCUT2D eigenvalue weighted by molar-refractivity contribution is -0.402. The van der Waals surface area contributed by atoms with Crippen LogP contribution < -0.4 is 0 Å². The van der Waals surface area contributed by atoms with Crippen LogP contribution in [0.5, 0.6) is 0 Å².